The summed E-state index contributed by atoms with van der Waals surface area (Å²) in [4.78, 5) is 0. The van der Waals surface area contributed by atoms with Gasteiger partial charge in [0.2, 0.25) is 0 Å². The predicted octanol–water partition coefficient (Wildman–Crippen LogP) is 4.49. The van der Waals surface area contributed by atoms with E-state index in [4.69, 9.17) is 0 Å². The summed E-state index contributed by atoms with van der Waals surface area (Å²) in [5, 5.41) is 3.47. The van der Waals surface area contributed by atoms with Gasteiger partial charge in [0.05, 0.1) is 0 Å². The number of hydrogen-bond acceptors (Lipinski definition) is 1. The van der Waals surface area contributed by atoms with Crippen molar-refractivity contribution in [3.8, 4) is 0 Å². The van der Waals surface area contributed by atoms with Crippen molar-refractivity contribution in [3.05, 3.63) is 29.8 Å². The number of benzene rings is 1. The highest BCUT2D eigenvalue weighted by Crippen LogP contribution is 2.11. The van der Waals surface area contributed by atoms with Crippen LogP contribution in [0.2, 0.25) is 0 Å². The Morgan fingerprint density at radius 1 is 1.12 bits per heavy atom. The molecule has 1 nitrogen and oxygen atoms in total. The van der Waals surface area contributed by atoms with Crippen molar-refractivity contribution in [1.82, 2.24) is 0 Å². The lowest BCUT2D eigenvalue weighted by Gasteiger charge is -2.08. The third-order valence-electron chi connectivity index (χ3n) is 2.78. The van der Waals surface area contributed by atoms with E-state index in [1.54, 1.807) is 0 Å². The highest BCUT2D eigenvalue weighted by molar-refractivity contribution is 5.44. The van der Waals surface area contributed by atoms with Crippen molar-refractivity contribution in [3.63, 3.8) is 0 Å². The van der Waals surface area contributed by atoms with Crippen molar-refractivity contribution in [1.29, 1.82) is 0 Å². The first-order valence-electron chi connectivity index (χ1n) is 6.55. The molecule has 0 atom stereocenters. The third kappa shape index (κ3) is 5.20. The molecule has 0 saturated heterocycles. The van der Waals surface area contributed by atoms with E-state index >= 15 is 0 Å². The predicted molar refractivity (Wildman–Crippen MR) is 73.0 cm³/mol. The molecule has 0 aliphatic carbocycles. The lowest BCUT2D eigenvalue weighted by molar-refractivity contribution is 0.567. The van der Waals surface area contributed by atoms with E-state index in [0.29, 0.717) is 0 Å². The number of aryl methyl sites for hydroxylation is 1. The molecule has 1 rings (SSSR count). The maximum atomic E-state index is 3.47. The van der Waals surface area contributed by atoms with E-state index in [1.165, 1.54) is 36.9 Å². The van der Waals surface area contributed by atoms with Crippen LogP contribution in [0.1, 0.15) is 45.6 Å². The van der Waals surface area contributed by atoms with Gasteiger partial charge in [-0.05, 0) is 42.9 Å². The normalized spacial score (nSPS) is 10.8. The molecule has 16 heavy (non-hydrogen) atoms. The van der Waals surface area contributed by atoms with Gasteiger partial charge in [-0.3, -0.25) is 0 Å². The minimum atomic E-state index is 0.814. The molecule has 1 aromatic rings. The Balaban J connectivity index is 2.26. The second kappa shape index (κ2) is 7.32. The first kappa shape index (κ1) is 13.1. The van der Waals surface area contributed by atoms with Crippen LogP contribution in [-0.2, 0) is 6.42 Å². The van der Waals surface area contributed by atoms with Crippen LogP contribution in [0.15, 0.2) is 24.3 Å². The fraction of sp³-hybridized carbons (Fsp3) is 0.600. The molecule has 1 heteroatoms. The average molecular weight is 219 g/mol. The molecule has 1 aromatic carbocycles. The van der Waals surface area contributed by atoms with Gasteiger partial charge in [-0.25, -0.2) is 0 Å². The van der Waals surface area contributed by atoms with Gasteiger partial charge < -0.3 is 5.32 Å². The summed E-state index contributed by atoms with van der Waals surface area (Å²) < 4.78 is 0. The van der Waals surface area contributed by atoms with E-state index in [-0.39, 0.29) is 0 Å². The minimum absolute atomic E-state index is 0.814. The summed E-state index contributed by atoms with van der Waals surface area (Å²) in [6, 6.07) is 8.85. The summed E-state index contributed by atoms with van der Waals surface area (Å²) in [5.74, 6) is 0.814. The Bertz CT molecular complexity index is 274. The lowest BCUT2D eigenvalue weighted by atomic mass is 10.1. The molecule has 0 saturated carbocycles. The molecule has 1 N–H and O–H groups in total. The van der Waals surface area contributed by atoms with Crippen molar-refractivity contribution in [2.24, 2.45) is 5.92 Å². The zero-order chi connectivity index (χ0) is 11.8. The smallest absolute Gasteiger partial charge is 0.0340 e. The van der Waals surface area contributed by atoms with Crippen LogP contribution in [0.25, 0.3) is 0 Å². The summed E-state index contributed by atoms with van der Waals surface area (Å²) in [5.41, 5.74) is 2.69. The van der Waals surface area contributed by atoms with Crippen LogP contribution < -0.4 is 5.32 Å². The molecule has 0 unspecified atom stereocenters. The van der Waals surface area contributed by atoms with Gasteiger partial charge in [-0.1, -0.05) is 39.3 Å². The van der Waals surface area contributed by atoms with Crippen molar-refractivity contribution >= 4 is 5.69 Å². The number of hydrogen-bond donors (Lipinski definition) is 1. The summed E-state index contributed by atoms with van der Waals surface area (Å²) in [6.07, 6.45) is 4.98. The van der Waals surface area contributed by atoms with Crippen LogP contribution >= 0.6 is 0 Å². The lowest BCUT2D eigenvalue weighted by Crippen LogP contribution is -2.02. The van der Waals surface area contributed by atoms with Crippen LogP contribution in [-0.4, -0.2) is 6.54 Å². The van der Waals surface area contributed by atoms with Gasteiger partial charge in [0.15, 0.2) is 0 Å². The minimum Gasteiger partial charge on any atom is -0.385 e. The number of anilines is 1. The van der Waals surface area contributed by atoms with E-state index in [0.717, 1.165) is 12.5 Å². The van der Waals surface area contributed by atoms with Gasteiger partial charge in [-0.15, -0.1) is 0 Å². The Morgan fingerprint density at radius 2 is 1.81 bits per heavy atom. The Kier molecular flexibility index (Phi) is 5.99. The largest absolute Gasteiger partial charge is 0.385 e. The van der Waals surface area contributed by atoms with E-state index in [2.05, 4.69) is 50.4 Å². The summed E-state index contributed by atoms with van der Waals surface area (Å²) >= 11 is 0. The van der Waals surface area contributed by atoms with E-state index < -0.39 is 0 Å². The van der Waals surface area contributed by atoms with Crippen molar-refractivity contribution in [2.75, 3.05) is 11.9 Å². The van der Waals surface area contributed by atoms with E-state index in [9.17, 15) is 0 Å². The van der Waals surface area contributed by atoms with Crippen molar-refractivity contribution < 1.29 is 0 Å². The van der Waals surface area contributed by atoms with Gasteiger partial charge in [-0.2, -0.15) is 0 Å². The average Bonchev–Trinajstić information content (AvgIpc) is 2.27. The molecular formula is C15H25N. The molecule has 90 valence electrons. The van der Waals surface area contributed by atoms with E-state index in [1.807, 2.05) is 0 Å². The van der Waals surface area contributed by atoms with Crippen LogP contribution in [0.5, 0.6) is 0 Å². The second-order valence-electron chi connectivity index (χ2n) is 4.91. The molecular weight excluding hydrogens is 194 g/mol. The van der Waals surface area contributed by atoms with Gasteiger partial charge >= 0.3 is 0 Å². The van der Waals surface area contributed by atoms with Crippen molar-refractivity contribution in [2.45, 2.75) is 46.5 Å². The zero-order valence-corrected chi connectivity index (χ0v) is 10.9. The van der Waals surface area contributed by atoms with Gasteiger partial charge in [0.25, 0.3) is 0 Å². The van der Waals surface area contributed by atoms with Crippen LogP contribution in [0, 0.1) is 5.92 Å². The first-order chi connectivity index (χ1) is 7.72. The molecule has 0 aliphatic heterocycles. The first-order valence-corrected chi connectivity index (χ1v) is 6.55. The highest BCUT2D eigenvalue weighted by Gasteiger charge is 1.95. The van der Waals surface area contributed by atoms with Gasteiger partial charge in [0, 0.05) is 12.2 Å². The summed E-state index contributed by atoms with van der Waals surface area (Å²) in [7, 11) is 0. The number of rotatable bonds is 7. The second-order valence-corrected chi connectivity index (χ2v) is 4.91. The quantitative estimate of drug-likeness (QED) is 0.666. The SMILES string of the molecule is CCCc1ccc(NCCCC(C)C)cc1. The number of nitrogens with one attached hydrogen (secondary N) is 1. The van der Waals surface area contributed by atoms with Crippen LogP contribution in [0.3, 0.4) is 0 Å². The molecule has 0 fully saturated rings. The molecule has 0 radical (unpaired) electrons. The molecule has 0 aromatic heterocycles. The summed E-state index contributed by atoms with van der Waals surface area (Å²) in [6.45, 7) is 7.86. The maximum absolute atomic E-state index is 3.47. The monoisotopic (exact) mass is 219 g/mol. The Morgan fingerprint density at radius 3 is 2.38 bits per heavy atom. The fourth-order valence-corrected chi connectivity index (χ4v) is 1.82. The Hall–Kier alpha value is -0.980. The molecule has 0 bridgehead atoms. The Labute approximate surface area is 100 Å². The topological polar surface area (TPSA) is 12.0 Å². The highest BCUT2D eigenvalue weighted by atomic mass is 14.9. The fourth-order valence-electron chi connectivity index (χ4n) is 1.82. The molecule has 0 spiro atoms. The van der Waals surface area contributed by atoms with Gasteiger partial charge in [0.1, 0.15) is 0 Å². The molecule has 0 heterocycles. The van der Waals surface area contributed by atoms with Crippen LogP contribution in [0.4, 0.5) is 5.69 Å². The zero-order valence-electron chi connectivity index (χ0n) is 10.9. The molecule has 0 aliphatic rings. The standard InChI is InChI=1S/C15H25N/c1-4-6-14-8-10-15(11-9-14)16-12-5-7-13(2)3/h8-11,13,16H,4-7,12H2,1-3H3. The maximum Gasteiger partial charge on any atom is 0.0340 e. The third-order valence-corrected chi connectivity index (χ3v) is 2.78. The molecule has 0 amide bonds.